The van der Waals surface area contributed by atoms with E-state index in [4.69, 9.17) is 0 Å². The van der Waals surface area contributed by atoms with E-state index in [1.807, 2.05) is 41.0 Å². The van der Waals surface area contributed by atoms with Gasteiger partial charge in [-0.25, -0.2) is 0 Å². The van der Waals surface area contributed by atoms with Crippen LogP contribution in [0.15, 0.2) is 36.7 Å². The van der Waals surface area contributed by atoms with Gasteiger partial charge in [0, 0.05) is 43.0 Å². The molecule has 1 atom stereocenters. The highest BCUT2D eigenvalue weighted by Gasteiger charge is 2.29. The molecule has 2 saturated heterocycles. The molecule has 0 N–H and O–H groups in total. The van der Waals surface area contributed by atoms with Crippen LogP contribution in [0.2, 0.25) is 0 Å². The van der Waals surface area contributed by atoms with Crippen LogP contribution in [0.4, 0.5) is 11.5 Å². The van der Waals surface area contributed by atoms with Gasteiger partial charge in [-0.3, -0.25) is 9.48 Å². The number of hydrogen-bond donors (Lipinski definition) is 0. The van der Waals surface area contributed by atoms with E-state index in [1.54, 1.807) is 0 Å². The zero-order valence-electron chi connectivity index (χ0n) is 15.4. The van der Waals surface area contributed by atoms with Gasteiger partial charge < -0.3 is 9.80 Å². The third-order valence-electron chi connectivity index (χ3n) is 5.66. The van der Waals surface area contributed by atoms with Crippen LogP contribution < -0.4 is 9.80 Å². The number of benzene rings is 1. The number of carbonyl (C=O) groups is 1. The first-order chi connectivity index (χ1) is 13.2. The fourth-order valence-corrected chi connectivity index (χ4v) is 4.20. The number of aryl methyl sites for hydroxylation is 1. The van der Waals surface area contributed by atoms with Crippen LogP contribution in [0.5, 0.6) is 0 Å². The van der Waals surface area contributed by atoms with Gasteiger partial charge in [0.2, 0.25) is 5.91 Å². The molecule has 1 aromatic carbocycles. The summed E-state index contributed by atoms with van der Waals surface area (Å²) in [6.45, 7) is 4.56. The summed E-state index contributed by atoms with van der Waals surface area (Å²) in [5.74, 6) is 1.14. The number of aromatic nitrogens is 4. The van der Waals surface area contributed by atoms with E-state index in [2.05, 4.69) is 32.3 Å². The second-order valence-electron chi connectivity index (χ2n) is 7.37. The molecule has 138 valence electrons. The molecule has 1 unspecified atom stereocenters. The van der Waals surface area contributed by atoms with Gasteiger partial charge in [0.05, 0.1) is 23.6 Å². The Morgan fingerprint density at radius 2 is 1.96 bits per heavy atom. The van der Waals surface area contributed by atoms with E-state index in [1.165, 1.54) is 0 Å². The fourth-order valence-electron chi connectivity index (χ4n) is 4.20. The Morgan fingerprint density at radius 3 is 2.78 bits per heavy atom. The molecule has 2 fully saturated rings. The summed E-state index contributed by atoms with van der Waals surface area (Å²) in [5.41, 5.74) is 1.87. The summed E-state index contributed by atoms with van der Waals surface area (Å²) in [6, 6.07) is 8.58. The summed E-state index contributed by atoms with van der Waals surface area (Å²) < 4.78 is 2.00. The predicted octanol–water partition coefficient (Wildman–Crippen LogP) is 2.71. The van der Waals surface area contributed by atoms with Crippen LogP contribution in [-0.2, 0) is 4.79 Å². The lowest BCUT2D eigenvalue weighted by Gasteiger charge is -2.19. The van der Waals surface area contributed by atoms with Crippen LogP contribution in [0.25, 0.3) is 10.8 Å². The highest BCUT2D eigenvalue weighted by Crippen LogP contribution is 2.32. The van der Waals surface area contributed by atoms with E-state index in [0.29, 0.717) is 6.42 Å². The lowest BCUT2D eigenvalue weighted by atomic mass is 10.1. The number of hydrogen-bond acceptors (Lipinski definition) is 5. The van der Waals surface area contributed by atoms with E-state index in [0.717, 1.165) is 60.4 Å². The van der Waals surface area contributed by atoms with E-state index in [9.17, 15) is 4.79 Å². The molecule has 2 aliphatic rings. The molecule has 0 radical (unpaired) electrons. The molecule has 0 bridgehead atoms. The number of amides is 1. The van der Waals surface area contributed by atoms with Gasteiger partial charge in [0.15, 0.2) is 5.82 Å². The van der Waals surface area contributed by atoms with Crippen molar-refractivity contribution in [1.29, 1.82) is 0 Å². The number of carbonyl (C=O) groups excluding carboxylic acids is 1. The van der Waals surface area contributed by atoms with E-state index >= 15 is 0 Å². The van der Waals surface area contributed by atoms with E-state index < -0.39 is 0 Å². The van der Waals surface area contributed by atoms with Gasteiger partial charge in [0.1, 0.15) is 0 Å². The van der Waals surface area contributed by atoms with Gasteiger partial charge in [-0.15, -0.1) is 5.10 Å². The maximum absolute atomic E-state index is 12.0. The highest BCUT2D eigenvalue weighted by atomic mass is 16.2. The Morgan fingerprint density at radius 1 is 1.11 bits per heavy atom. The van der Waals surface area contributed by atoms with Crippen molar-refractivity contribution in [2.24, 2.45) is 0 Å². The maximum atomic E-state index is 12.0. The quantitative estimate of drug-likeness (QED) is 0.717. The van der Waals surface area contributed by atoms with Gasteiger partial charge in [0.25, 0.3) is 0 Å². The first kappa shape index (κ1) is 16.2. The molecule has 3 aromatic rings. The smallest absolute Gasteiger partial charge is 0.227 e. The summed E-state index contributed by atoms with van der Waals surface area (Å²) in [4.78, 5) is 16.1. The van der Waals surface area contributed by atoms with E-state index in [-0.39, 0.29) is 11.9 Å². The molecule has 0 spiro atoms. The minimum atomic E-state index is 0.198. The lowest BCUT2D eigenvalue weighted by Crippen LogP contribution is -2.24. The molecule has 7 nitrogen and oxygen atoms in total. The highest BCUT2D eigenvalue weighted by molar-refractivity contribution is 5.95. The van der Waals surface area contributed by atoms with Gasteiger partial charge in [-0.1, -0.05) is 24.3 Å². The Bertz CT molecular complexity index is 1010. The molecule has 1 amide bonds. The second kappa shape index (κ2) is 6.33. The summed E-state index contributed by atoms with van der Waals surface area (Å²) in [7, 11) is 0. The number of nitrogens with zero attached hydrogens (tertiary/aromatic N) is 6. The van der Waals surface area contributed by atoms with Crippen molar-refractivity contribution in [3.05, 3.63) is 42.4 Å². The average Bonchev–Trinajstić information content (AvgIpc) is 3.42. The minimum Gasteiger partial charge on any atom is -0.352 e. The van der Waals surface area contributed by atoms with Gasteiger partial charge >= 0.3 is 0 Å². The third-order valence-corrected chi connectivity index (χ3v) is 5.66. The molecule has 0 aliphatic carbocycles. The van der Waals surface area contributed by atoms with Gasteiger partial charge in [-0.2, -0.15) is 10.2 Å². The summed E-state index contributed by atoms with van der Waals surface area (Å²) in [5, 5.41) is 15.7. The Hall–Kier alpha value is -2.96. The lowest BCUT2D eigenvalue weighted by molar-refractivity contribution is -0.117. The monoisotopic (exact) mass is 362 g/mol. The SMILES string of the molecule is Cc1nnc(N2CCC(n3cc(N4CCCC4=O)cn3)C2)c2ccccc12. The molecular weight excluding hydrogens is 340 g/mol. The zero-order valence-corrected chi connectivity index (χ0v) is 15.4. The first-order valence-corrected chi connectivity index (χ1v) is 9.52. The van der Waals surface area contributed by atoms with Crippen molar-refractivity contribution in [2.45, 2.75) is 32.2 Å². The maximum Gasteiger partial charge on any atom is 0.227 e. The second-order valence-corrected chi connectivity index (χ2v) is 7.37. The van der Waals surface area contributed by atoms with Crippen LogP contribution >= 0.6 is 0 Å². The molecule has 7 heteroatoms. The molecule has 2 aromatic heterocycles. The topological polar surface area (TPSA) is 67.2 Å². The molecule has 0 saturated carbocycles. The number of anilines is 2. The molecule has 2 aliphatic heterocycles. The average molecular weight is 362 g/mol. The first-order valence-electron chi connectivity index (χ1n) is 9.52. The Balaban J connectivity index is 1.39. The van der Waals surface area contributed by atoms with Crippen molar-refractivity contribution >= 4 is 28.2 Å². The molecular formula is C20H22N6O. The van der Waals surface area contributed by atoms with Crippen molar-refractivity contribution in [3.8, 4) is 0 Å². The fraction of sp³-hybridized carbons (Fsp3) is 0.400. The van der Waals surface area contributed by atoms with Crippen LogP contribution in [0, 0.1) is 6.92 Å². The molecule has 4 heterocycles. The number of fused-ring (bicyclic) bond motifs is 1. The Kier molecular flexibility index (Phi) is 3.81. The normalized spacial score (nSPS) is 20.2. The summed E-state index contributed by atoms with van der Waals surface area (Å²) >= 11 is 0. The Labute approximate surface area is 157 Å². The van der Waals surface area contributed by atoms with Crippen LogP contribution in [0.3, 0.4) is 0 Å². The third kappa shape index (κ3) is 2.74. The predicted molar refractivity (Wildman–Crippen MR) is 104 cm³/mol. The largest absolute Gasteiger partial charge is 0.352 e. The van der Waals surface area contributed by atoms with Crippen LogP contribution in [0.1, 0.15) is 31.0 Å². The number of rotatable bonds is 3. The summed E-state index contributed by atoms with van der Waals surface area (Å²) in [6.07, 6.45) is 6.39. The van der Waals surface area contributed by atoms with Crippen molar-refractivity contribution in [2.75, 3.05) is 29.4 Å². The standard InChI is InChI=1S/C20H22N6O/c1-14-17-5-2-3-6-18(17)20(23-22-14)24-10-8-15(12-24)26-13-16(11-21-26)25-9-4-7-19(25)27/h2-3,5-6,11,13,15H,4,7-10,12H2,1H3. The molecule has 5 rings (SSSR count). The van der Waals surface area contributed by atoms with Gasteiger partial charge in [-0.05, 0) is 19.8 Å². The zero-order chi connectivity index (χ0) is 18.4. The van der Waals surface area contributed by atoms with Crippen LogP contribution in [-0.4, -0.2) is 45.5 Å². The minimum absolute atomic E-state index is 0.198. The van der Waals surface area contributed by atoms with Crippen molar-refractivity contribution in [1.82, 2.24) is 20.0 Å². The van der Waals surface area contributed by atoms with Crippen molar-refractivity contribution < 1.29 is 4.79 Å². The van der Waals surface area contributed by atoms with Crippen molar-refractivity contribution in [3.63, 3.8) is 0 Å². The molecule has 27 heavy (non-hydrogen) atoms.